The van der Waals surface area contributed by atoms with E-state index in [1.54, 1.807) is 0 Å². The first kappa shape index (κ1) is 20.2. The molecular weight excluding hydrogens is 352 g/mol. The van der Waals surface area contributed by atoms with Crippen molar-refractivity contribution in [3.63, 3.8) is 0 Å². The number of nitrogens with one attached hydrogen (secondary N) is 1. The lowest BCUT2D eigenvalue weighted by atomic mass is 9.96. The molecule has 3 rings (SSSR count). The minimum Gasteiger partial charge on any atom is -0.490 e. The van der Waals surface area contributed by atoms with Gasteiger partial charge >= 0.3 is 0 Å². The van der Waals surface area contributed by atoms with Crippen LogP contribution in [-0.2, 0) is 4.79 Å². The molecule has 0 bridgehead atoms. The van der Waals surface area contributed by atoms with E-state index in [2.05, 4.69) is 44.0 Å². The minimum absolute atomic E-state index is 0.00589. The first-order valence-electron chi connectivity index (χ1n) is 9.67. The molecule has 0 aliphatic carbocycles. The number of rotatable bonds is 5. The van der Waals surface area contributed by atoms with Crippen LogP contribution in [0.3, 0.4) is 0 Å². The third-order valence-corrected chi connectivity index (χ3v) is 4.47. The highest BCUT2D eigenvalue weighted by atomic mass is 16.5. The van der Waals surface area contributed by atoms with E-state index >= 15 is 0 Å². The SMILES string of the molecule is CC(C)(C)C#Cc1c(OCC(O)CN2CCNC(=O)C2)ccc2ccccc12. The molecule has 1 amide bonds. The Hall–Kier alpha value is -2.55. The summed E-state index contributed by atoms with van der Waals surface area (Å²) in [6.45, 7) is 8.45. The number of amides is 1. The number of carbonyl (C=O) groups is 1. The molecule has 1 aliphatic rings. The molecule has 0 saturated carbocycles. The normalized spacial score (nSPS) is 16.2. The Labute approximate surface area is 166 Å². The summed E-state index contributed by atoms with van der Waals surface area (Å²) in [4.78, 5) is 13.4. The summed E-state index contributed by atoms with van der Waals surface area (Å²) < 4.78 is 5.96. The van der Waals surface area contributed by atoms with Gasteiger partial charge in [-0.25, -0.2) is 0 Å². The van der Waals surface area contributed by atoms with Crippen LogP contribution < -0.4 is 10.1 Å². The van der Waals surface area contributed by atoms with Crippen molar-refractivity contribution < 1.29 is 14.6 Å². The van der Waals surface area contributed by atoms with Gasteiger partial charge in [0.05, 0.1) is 12.1 Å². The van der Waals surface area contributed by atoms with E-state index in [1.165, 1.54) is 0 Å². The Kier molecular flexibility index (Phi) is 6.23. The van der Waals surface area contributed by atoms with E-state index < -0.39 is 6.10 Å². The van der Waals surface area contributed by atoms with Crippen LogP contribution in [0.1, 0.15) is 26.3 Å². The zero-order chi connectivity index (χ0) is 20.1. The average molecular weight is 380 g/mol. The predicted molar refractivity (Wildman–Crippen MR) is 111 cm³/mol. The zero-order valence-corrected chi connectivity index (χ0v) is 16.8. The molecule has 1 heterocycles. The number of aliphatic hydroxyl groups is 1. The fourth-order valence-corrected chi connectivity index (χ4v) is 3.13. The fraction of sp³-hybridized carbons (Fsp3) is 0.435. The number of hydrogen-bond donors (Lipinski definition) is 2. The number of aliphatic hydroxyl groups excluding tert-OH is 1. The van der Waals surface area contributed by atoms with Crippen LogP contribution in [0.2, 0.25) is 0 Å². The average Bonchev–Trinajstić information content (AvgIpc) is 2.64. The molecule has 0 aromatic heterocycles. The van der Waals surface area contributed by atoms with Crippen molar-refractivity contribution in [3.05, 3.63) is 42.0 Å². The highest BCUT2D eigenvalue weighted by molar-refractivity contribution is 5.90. The number of carbonyl (C=O) groups excluding carboxylic acids is 1. The molecule has 0 spiro atoms. The van der Waals surface area contributed by atoms with Crippen molar-refractivity contribution >= 4 is 16.7 Å². The Bertz CT molecular complexity index is 905. The zero-order valence-electron chi connectivity index (χ0n) is 16.8. The van der Waals surface area contributed by atoms with Gasteiger partial charge in [-0.3, -0.25) is 9.69 Å². The van der Waals surface area contributed by atoms with Crippen molar-refractivity contribution in [1.29, 1.82) is 0 Å². The van der Waals surface area contributed by atoms with Crippen LogP contribution in [-0.4, -0.2) is 54.8 Å². The largest absolute Gasteiger partial charge is 0.490 e. The van der Waals surface area contributed by atoms with Gasteiger partial charge in [-0.2, -0.15) is 0 Å². The Morgan fingerprint density at radius 1 is 1.25 bits per heavy atom. The standard InChI is InChI=1S/C23H28N2O3/c1-23(2,3)11-10-20-19-7-5-4-6-17(19)8-9-21(20)28-16-18(26)14-25-13-12-24-22(27)15-25/h4-9,18,26H,12-16H2,1-3H3,(H,24,27). The van der Waals surface area contributed by atoms with Gasteiger partial charge in [0.2, 0.25) is 5.91 Å². The van der Waals surface area contributed by atoms with Gasteiger partial charge in [0.1, 0.15) is 18.5 Å². The van der Waals surface area contributed by atoms with Crippen LogP contribution >= 0.6 is 0 Å². The molecule has 2 aromatic carbocycles. The van der Waals surface area contributed by atoms with Crippen LogP contribution in [0.5, 0.6) is 5.75 Å². The number of ether oxygens (including phenoxy) is 1. The molecule has 5 heteroatoms. The Balaban J connectivity index is 1.76. The van der Waals surface area contributed by atoms with Crippen LogP contribution in [0, 0.1) is 17.3 Å². The molecule has 0 radical (unpaired) electrons. The van der Waals surface area contributed by atoms with Crippen molar-refractivity contribution in [3.8, 4) is 17.6 Å². The summed E-state index contributed by atoms with van der Waals surface area (Å²) in [6, 6.07) is 12.0. The van der Waals surface area contributed by atoms with Gasteiger partial charge < -0.3 is 15.2 Å². The lowest BCUT2D eigenvalue weighted by Gasteiger charge is -2.28. The quantitative estimate of drug-likeness (QED) is 0.782. The second kappa shape index (κ2) is 8.64. The third kappa shape index (κ3) is 5.48. The molecule has 5 nitrogen and oxygen atoms in total. The molecule has 28 heavy (non-hydrogen) atoms. The van der Waals surface area contributed by atoms with Crippen molar-refractivity contribution in [2.75, 3.05) is 32.8 Å². The monoisotopic (exact) mass is 380 g/mol. The summed E-state index contributed by atoms with van der Waals surface area (Å²) in [5, 5.41) is 15.3. The Morgan fingerprint density at radius 3 is 2.79 bits per heavy atom. The summed E-state index contributed by atoms with van der Waals surface area (Å²) in [5.74, 6) is 7.24. The molecule has 1 fully saturated rings. The summed E-state index contributed by atoms with van der Waals surface area (Å²) in [5.41, 5.74) is 0.723. The minimum atomic E-state index is -0.680. The molecule has 1 unspecified atom stereocenters. The van der Waals surface area contributed by atoms with Gasteiger partial charge in [0.15, 0.2) is 0 Å². The highest BCUT2D eigenvalue weighted by Crippen LogP contribution is 2.28. The number of hydrogen-bond acceptors (Lipinski definition) is 4. The molecule has 1 atom stereocenters. The van der Waals surface area contributed by atoms with E-state index in [9.17, 15) is 9.90 Å². The number of β-amino-alcohol motifs (C(OH)–C–C–N with tert-alkyl or cyclic N) is 1. The second-order valence-electron chi connectivity index (χ2n) is 8.21. The van der Waals surface area contributed by atoms with Gasteiger partial charge in [-0.1, -0.05) is 42.2 Å². The van der Waals surface area contributed by atoms with Crippen LogP contribution in [0.25, 0.3) is 10.8 Å². The molecule has 2 N–H and O–H groups in total. The maximum atomic E-state index is 11.5. The van der Waals surface area contributed by atoms with Gasteiger partial charge in [-0.15, -0.1) is 0 Å². The maximum absolute atomic E-state index is 11.5. The van der Waals surface area contributed by atoms with E-state index in [0.29, 0.717) is 25.4 Å². The summed E-state index contributed by atoms with van der Waals surface area (Å²) in [7, 11) is 0. The van der Waals surface area contributed by atoms with Gasteiger partial charge in [-0.05, 0) is 32.2 Å². The topological polar surface area (TPSA) is 61.8 Å². The van der Waals surface area contributed by atoms with Gasteiger partial charge in [0.25, 0.3) is 0 Å². The Morgan fingerprint density at radius 2 is 2.04 bits per heavy atom. The van der Waals surface area contributed by atoms with Crippen LogP contribution in [0.4, 0.5) is 0 Å². The maximum Gasteiger partial charge on any atom is 0.234 e. The van der Waals surface area contributed by atoms with Crippen molar-refractivity contribution in [1.82, 2.24) is 10.2 Å². The van der Waals surface area contributed by atoms with E-state index in [1.807, 2.05) is 35.2 Å². The summed E-state index contributed by atoms with van der Waals surface area (Å²) >= 11 is 0. The number of nitrogens with zero attached hydrogens (tertiary/aromatic N) is 1. The fourth-order valence-electron chi connectivity index (χ4n) is 3.13. The number of piperazine rings is 1. The van der Waals surface area contributed by atoms with E-state index in [-0.39, 0.29) is 17.9 Å². The number of benzene rings is 2. The molecular formula is C23H28N2O3. The smallest absolute Gasteiger partial charge is 0.234 e. The van der Waals surface area contributed by atoms with Crippen molar-refractivity contribution in [2.24, 2.45) is 5.41 Å². The highest BCUT2D eigenvalue weighted by Gasteiger charge is 2.19. The molecule has 1 aliphatic heterocycles. The lowest BCUT2D eigenvalue weighted by molar-refractivity contribution is -0.124. The number of fused-ring (bicyclic) bond motifs is 1. The predicted octanol–water partition coefficient (Wildman–Crippen LogP) is 2.41. The molecule has 1 saturated heterocycles. The van der Waals surface area contributed by atoms with Crippen LogP contribution in [0.15, 0.2) is 36.4 Å². The van der Waals surface area contributed by atoms with E-state index in [4.69, 9.17) is 4.74 Å². The summed E-state index contributed by atoms with van der Waals surface area (Å²) in [6.07, 6.45) is -0.680. The lowest BCUT2D eigenvalue weighted by Crippen LogP contribution is -2.50. The molecule has 148 valence electrons. The van der Waals surface area contributed by atoms with E-state index in [0.717, 1.165) is 22.9 Å². The first-order chi connectivity index (χ1) is 13.3. The van der Waals surface area contributed by atoms with Gasteiger partial charge in [0, 0.05) is 30.4 Å². The third-order valence-electron chi connectivity index (χ3n) is 4.47. The molecule has 2 aromatic rings. The van der Waals surface area contributed by atoms with Crippen molar-refractivity contribution in [2.45, 2.75) is 26.9 Å². The second-order valence-corrected chi connectivity index (χ2v) is 8.21. The first-order valence-corrected chi connectivity index (χ1v) is 9.67.